The summed E-state index contributed by atoms with van der Waals surface area (Å²) in [5, 5.41) is 15.1. The van der Waals surface area contributed by atoms with E-state index in [1.54, 1.807) is 22.0 Å². The topological polar surface area (TPSA) is 82.0 Å². The van der Waals surface area contributed by atoms with Crippen molar-refractivity contribution in [1.82, 2.24) is 29.8 Å². The number of fused-ring (bicyclic) bond motifs is 1. The normalized spacial score (nSPS) is 12.8. The lowest BCUT2D eigenvalue weighted by molar-refractivity contribution is 0.510. The average molecular weight is 330 g/mol. The molecule has 1 atom stereocenters. The molecule has 0 N–H and O–H groups in total. The van der Waals surface area contributed by atoms with E-state index in [-0.39, 0.29) is 5.25 Å². The summed E-state index contributed by atoms with van der Waals surface area (Å²) in [5.41, 5.74) is 0. The second-order valence-electron chi connectivity index (χ2n) is 4.44. The number of hydrogen-bond acceptors (Lipinski definition) is 8. The van der Waals surface area contributed by atoms with Crippen LogP contribution in [0.15, 0.2) is 45.5 Å². The Morgan fingerprint density at radius 2 is 2.27 bits per heavy atom. The van der Waals surface area contributed by atoms with Gasteiger partial charge in [0.25, 0.3) is 11.7 Å². The fourth-order valence-corrected chi connectivity index (χ4v) is 3.30. The minimum Gasteiger partial charge on any atom is -0.419 e. The molecule has 4 heterocycles. The van der Waals surface area contributed by atoms with Gasteiger partial charge in [-0.05, 0) is 24.4 Å². The van der Waals surface area contributed by atoms with Crippen molar-refractivity contribution in [3.63, 3.8) is 0 Å². The van der Waals surface area contributed by atoms with Crippen molar-refractivity contribution in [3.05, 3.63) is 41.9 Å². The largest absolute Gasteiger partial charge is 0.419 e. The third-order valence-corrected chi connectivity index (χ3v) is 4.70. The first-order valence-corrected chi connectivity index (χ1v) is 8.27. The molecule has 0 radical (unpaired) electrons. The van der Waals surface area contributed by atoms with Gasteiger partial charge in [0.2, 0.25) is 11.0 Å². The minimum atomic E-state index is -0.0429. The SMILES string of the molecule is C[C@H](Sc1nc2ncccn2n1)c1nnc(-c2cccs2)o1. The van der Waals surface area contributed by atoms with E-state index >= 15 is 0 Å². The number of hydrogen-bond donors (Lipinski definition) is 0. The highest BCUT2D eigenvalue weighted by Crippen LogP contribution is 2.34. The van der Waals surface area contributed by atoms with Gasteiger partial charge >= 0.3 is 0 Å². The van der Waals surface area contributed by atoms with Gasteiger partial charge in [-0.25, -0.2) is 9.50 Å². The predicted molar refractivity (Wildman–Crippen MR) is 82.7 cm³/mol. The van der Waals surface area contributed by atoms with E-state index in [1.807, 2.05) is 36.7 Å². The van der Waals surface area contributed by atoms with Gasteiger partial charge in [-0.3, -0.25) is 0 Å². The van der Waals surface area contributed by atoms with Gasteiger partial charge < -0.3 is 4.42 Å². The number of nitrogens with zero attached hydrogens (tertiary/aromatic N) is 6. The summed E-state index contributed by atoms with van der Waals surface area (Å²) in [4.78, 5) is 9.46. The first-order valence-electron chi connectivity index (χ1n) is 6.51. The van der Waals surface area contributed by atoms with Gasteiger partial charge in [-0.2, -0.15) is 4.98 Å². The van der Waals surface area contributed by atoms with Crippen molar-refractivity contribution in [2.75, 3.05) is 0 Å². The number of thiophene rings is 1. The average Bonchev–Trinajstić information content (AvgIpc) is 3.26. The van der Waals surface area contributed by atoms with Gasteiger partial charge in [0.05, 0.1) is 10.1 Å². The van der Waals surface area contributed by atoms with E-state index in [1.165, 1.54) is 11.8 Å². The lowest BCUT2D eigenvalue weighted by Crippen LogP contribution is -1.90. The molecule has 0 aliphatic rings. The Bertz CT molecular complexity index is 867. The number of aromatic nitrogens is 6. The van der Waals surface area contributed by atoms with Crippen LogP contribution in [0.5, 0.6) is 0 Å². The highest BCUT2D eigenvalue weighted by molar-refractivity contribution is 7.99. The van der Waals surface area contributed by atoms with Crippen LogP contribution >= 0.6 is 23.1 Å². The molecular weight excluding hydrogens is 320 g/mol. The van der Waals surface area contributed by atoms with Crippen LogP contribution in [0.2, 0.25) is 0 Å². The van der Waals surface area contributed by atoms with E-state index in [0.29, 0.717) is 22.7 Å². The van der Waals surface area contributed by atoms with Crippen LogP contribution in [0, 0.1) is 0 Å². The summed E-state index contributed by atoms with van der Waals surface area (Å²) >= 11 is 3.03. The van der Waals surface area contributed by atoms with Gasteiger partial charge in [-0.1, -0.05) is 17.8 Å². The smallest absolute Gasteiger partial charge is 0.257 e. The third kappa shape index (κ3) is 2.48. The molecule has 110 valence electrons. The second-order valence-corrected chi connectivity index (χ2v) is 6.70. The van der Waals surface area contributed by atoms with E-state index in [4.69, 9.17) is 4.42 Å². The van der Waals surface area contributed by atoms with Crippen LogP contribution in [0.1, 0.15) is 18.1 Å². The van der Waals surface area contributed by atoms with Gasteiger partial charge in [0, 0.05) is 12.4 Å². The fraction of sp³-hybridized carbons (Fsp3) is 0.154. The van der Waals surface area contributed by atoms with E-state index in [2.05, 4.69) is 25.3 Å². The Labute approximate surface area is 133 Å². The number of thioether (sulfide) groups is 1. The van der Waals surface area contributed by atoms with Crippen LogP contribution in [0.4, 0.5) is 0 Å². The first kappa shape index (κ1) is 13.4. The van der Waals surface area contributed by atoms with Crippen LogP contribution in [-0.4, -0.2) is 29.8 Å². The molecule has 0 aromatic carbocycles. The van der Waals surface area contributed by atoms with Crippen molar-refractivity contribution >= 4 is 28.9 Å². The maximum absolute atomic E-state index is 5.73. The quantitative estimate of drug-likeness (QED) is 0.532. The molecule has 4 rings (SSSR count). The Kier molecular flexibility index (Phi) is 3.35. The number of rotatable bonds is 4. The molecule has 7 nitrogen and oxygen atoms in total. The van der Waals surface area contributed by atoms with Crippen LogP contribution < -0.4 is 0 Å². The van der Waals surface area contributed by atoms with Crippen molar-refractivity contribution in [1.29, 1.82) is 0 Å². The maximum Gasteiger partial charge on any atom is 0.257 e. The molecule has 22 heavy (non-hydrogen) atoms. The molecule has 0 aliphatic carbocycles. The van der Waals surface area contributed by atoms with E-state index < -0.39 is 0 Å². The van der Waals surface area contributed by atoms with Gasteiger partial charge in [0.15, 0.2) is 0 Å². The molecule has 0 saturated carbocycles. The lowest BCUT2D eigenvalue weighted by Gasteiger charge is -2.01. The summed E-state index contributed by atoms with van der Waals surface area (Å²) in [6.45, 7) is 1.98. The van der Waals surface area contributed by atoms with Crippen LogP contribution in [0.3, 0.4) is 0 Å². The van der Waals surface area contributed by atoms with Crippen LogP contribution in [0.25, 0.3) is 16.5 Å². The standard InChI is InChI=1S/C13H10N6OS2/c1-8(10-16-17-11(20-10)9-4-2-7-21-9)22-13-15-12-14-5-3-6-19(12)18-13/h2-8H,1H3/t8-/m0/s1. The maximum atomic E-state index is 5.73. The zero-order valence-electron chi connectivity index (χ0n) is 11.4. The Morgan fingerprint density at radius 1 is 1.32 bits per heavy atom. The second kappa shape index (κ2) is 5.50. The summed E-state index contributed by atoms with van der Waals surface area (Å²) < 4.78 is 7.36. The fourth-order valence-electron chi connectivity index (χ4n) is 1.87. The summed E-state index contributed by atoms with van der Waals surface area (Å²) in [7, 11) is 0. The molecule has 0 spiro atoms. The highest BCUT2D eigenvalue weighted by atomic mass is 32.2. The molecule has 0 amide bonds. The zero-order chi connectivity index (χ0) is 14.9. The summed E-state index contributed by atoms with van der Waals surface area (Å²) in [5.74, 6) is 1.67. The monoisotopic (exact) mass is 330 g/mol. The summed E-state index contributed by atoms with van der Waals surface area (Å²) in [6.07, 6.45) is 3.50. The van der Waals surface area contributed by atoms with Crippen molar-refractivity contribution in [2.24, 2.45) is 0 Å². The lowest BCUT2D eigenvalue weighted by atomic mass is 10.5. The van der Waals surface area contributed by atoms with E-state index in [9.17, 15) is 0 Å². The first-order chi connectivity index (χ1) is 10.8. The molecule has 9 heteroatoms. The van der Waals surface area contributed by atoms with Crippen molar-refractivity contribution in [3.8, 4) is 10.8 Å². The zero-order valence-corrected chi connectivity index (χ0v) is 13.1. The Balaban J connectivity index is 1.55. The third-order valence-electron chi connectivity index (χ3n) is 2.90. The predicted octanol–water partition coefficient (Wildman–Crippen LogP) is 3.09. The molecule has 4 aromatic rings. The molecule has 0 aliphatic heterocycles. The summed E-state index contributed by atoms with van der Waals surface area (Å²) in [6, 6.07) is 5.72. The Morgan fingerprint density at radius 3 is 3.09 bits per heavy atom. The minimum absolute atomic E-state index is 0.0429. The molecule has 4 aromatic heterocycles. The molecule has 0 unspecified atom stereocenters. The molecule has 0 fully saturated rings. The van der Waals surface area contributed by atoms with Crippen molar-refractivity contribution in [2.45, 2.75) is 17.3 Å². The van der Waals surface area contributed by atoms with Crippen LogP contribution in [-0.2, 0) is 0 Å². The molecular formula is C13H10N6OS2. The highest BCUT2D eigenvalue weighted by Gasteiger charge is 2.19. The molecule has 0 saturated heterocycles. The van der Waals surface area contributed by atoms with Gasteiger partial charge in [-0.15, -0.1) is 26.6 Å². The molecule has 0 bridgehead atoms. The van der Waals surface area contributed by atoms with E-state index in [0.717, 1.165) is 4.88 Å². The van der Waals surface area contributed by atoms with Gasteiger partial charge in [0.1, 0.15) is 0 Å². The van der Waals surface area contributed by atoms with Crippen molar-refractivity contribution < 1.29 is 4.42 Å². The Hall–Kier alpha value is -2.26.